The molecule has 1 aliphatic rings. The second kappa shape index (κ2) is 16.0. The van der Waals surface area contributed by atoms with Crippen LogP contribution in [0.3, 0.4) is 0 Å². The van der Waals surface area contributed by atoms with Crippen LogP contribution in [-0.4, -0.2) is 43.8 Å². The van der Waals surface area contributed by atoms with E-state index in [-0.39, 0.29) is 35.7 Å². The number of rotatable bonds is 13. The van der Waals surface area contributed by atoms with Crippen LogP contribution in [-0.2, 0) is 32.6 Å². The molecule has 1 aliphatic carbocycles. The van der Waals surface area contributed by atoms with E-state index in [4.69, 9.17) is 23.2 Å². The number of benzene rings is 4. The van der Waals surface area contributed by atoms with Crippen LogP contribution in [0.1, 0.15) is 62.1 Å². The first-order valence-corrected chi connectivity index (χ1v) is 18.5. The highest BCUT2D eigenvalue weighted by Crippen LogP contribution is 2.29. The summed E-state index contributed by atoms with van der Waals surface area (Å²) in [6.07, 6.45) is 4.02. The lowest BCUT2D eigenvalue weighted by Gasteiger charge is -2.34. The molecule has 5 rings (SSSR count). The monoisotopic (exact) mass is 705 g/mol. The van der Waals surface area contributed by atoms with E-state index < -0.39 is 28.5 Å². The Bertz CT molecular complexity index is 1800. The number of carbonyl (C=O) groups is 2. The van der Waals surface area contributed by atoms with Gasteiger partial charge >= 0.3 is 0 Å². The van der Waals surface area contributed by atoms with Crippen molar-refractivity contribution in [1.29, 1.82) is 0 Å². The third kappa shape index (κ3) is 8.78. The first-order chi connectivity index (χ1) is 23.0. The molecule has 0 radical (unpaired) electrons. The first-order valence-electron chi connectivity index (χ1n) is 16.3. The van der Waals surface area contributed by atoms with Gasteiger partial charge in [0.25, 0.3) is 10.0 Å². The lowest BCUT2D eigenvalue weighted by atomic mass is 10.0. The van der Waals surface area contributed by atoms with Crippen molar-refractivity contribution in [3.63, 3.8) is 0 Å². The predicted octanol–water partition coefficient (Wildman–Crippen LogP) is 8.01. The number of amides is 2. The topological polar surface area (TPSA) is 86.8 Å². The average molecular weight is 707 g/mol. The van der Waals surface area contributed by atoms with E-state index in [1.54, 1.807) is 48.5 Å². The molecule has 4 aromatic carbocycles. The molecule has 0 unspecified atom stereocenters. The average Bonchev–Trinajstić information content (AvgIpc) is 3.60. The molecule has 0 aliphatic heterocycles. The Morgan fingerprint density at radius 1 is 0.854 bits per heavy atom. The van der Waals surface area contributed by atoms with Gasteiger partial charge < -0.3 is 10.2 Å². The molecule has 1 saturated carbocycles. The van der Waals surface area contributed by atoms with Crippen LogP contribution < -0.4 is 9.62 Å². The molecule has 1 atom stereocenters. The summed E-state index contributed by atoms with van der Waals surface area (Å²) in [5.41, 5.74) is 2.82. The maximum atomic E-state index is 14.7. The van der Waals surface area contributed by atoms with Crippen LogP contribution in [0.2, 0.25) is 10.0 Å². The van der Waals surface area contributed by atoms with Crippen LogP contribution in [0.25, 0.3) is 0 Å². The summed E-state index contributed by atoms with van der Waals surface area (Å²) < 4.78 is 29.6. The number of hydrogen-bond acceptors (Lipinski definition) is 4. The van der Waals surface area contributed by atoms with E-state index in [0.717, 1.165) is 41.1 Å². The smallest absolute Gasteiger partial charge is 0.264 e. The lowest BCUT2D eigenvalue weighted by molar-refractivity contribution is -0.140. The third-order valence-electron chi connectivity index (χ3n) is 8.79. The molecule has 0 bridgehead atoms. The number of halogens is 2. The van der Waals surface area contributed by atoms with Gasteiger partial charge in [-0.15, -0.1) is 0 Å². The molecule has 10 heteroatoms. The zero-order chi connectivity index (χ0) is 34.3. The fraction of sp³-hybridized carbons (Fsp3) is 0.316. The Morgan fingerprint density at radius 3 is 2.08 bits per heavy atom. The maximum Gasteiger partial charge on any atom is 0.264 e. The van der Waals surface area contributed by atoms with Crippen LogP contribution in [0.15, 0.2) is 108 Å². The predicted molar refractivity (Wildman–Crippen MR) is 193 cm³/mol. The molecular weight excluding hydrogens is 665 g/mol. The van der Waals surface area contributed by atoms with Gasteiger partial charge in [-0.05, 0) is 71.8 Å². The summed E-state index contributed by atoms with van der Waals surface area (Å²) in [6, 6.07) is 28.8. The van der Waals surface area contributed by atoms with Gasteiger partial charge in [-0.3, -0.25) is 13.9 Å². The SMILES string of the molecule is CC(C)c1ccc(N(CC(=O)N(Cc2ccc(Cl)cc2Cl)[C@H](Cc2ccccc2)C(=O)NC2CCCC2)S(=O)(=O)c2ccccc2)cc1. The Balaban J connectivity index is 1.58. The van der Waals surface area contributed by atoms with Crippen molar-refractivity contribution in [2.75, 3.05) is 10.8 Å². The fourth-order valence-corrected chi connectivity index (χ4v) is 7.93. The van der Waals surface area contributed by atoms with Gasteiger partial charge in [0.05, 0.1) is 10.6 Å². The van der Waals surface area contributed by atoms with Crippen LogP contribution in [0.5, 0.6) is 0 Å². The quantitative estimate of drug-likeness (QED) is 0.153. The molecule has 1 N–H and O–H groups in total. The highest BCUT2D eigenvalue weighted by atomic mass is 35.5. The summed E-state index contributed by atoms with van der Waals surface area (Å²) >= 11 is 12.8. The van der Waals surface area contributed by atoms with Crippen molar-refractivity contribution in [3.8, 4) is 0 Å². The van der Waals surface area contributed by atoms with E-state index in [0.29, 0.717) is 21.3 Å². The Labute approximate surface area is 293 Å². The first kappa shape index (κ1) is 35.5. The van der Waals surface area contributed by atoms with Gasteiger partial charge in [0.1, 0.15) is 12.6 Å². The molecule has 48 heavy (non-hydrogen) atoms. The summed E-state index contributed by atoms with van der Waals surface area (Å²) in [7, 11) is -4.18. The minimum Gasteiger partial charge on any atom is -0.352 e. The fourth-order valence-electron chi connectivity index (χ4n) is 6.03. The Hall–Kier alpha value is -3.85. The standard InChI is InChI=1S/C38H41Cl2N3O4S/c1-27(2)29-18-21-33(22-19-29)43(48(46,47)34-15-7-4-8-16-34)26-37(44)42(25-30-17-20-31(39)24-35(30)40)36(23-28-11-5-3-6-12-28)38(45)41-32-13-9-10-14-32/h3-8,11-12,15-22,24,27,32,36H,9-10,13-14,23,25-26H2,1-2H3,(H,41,45)/t36-/m1/s1. The molecular formula is C38H41Cl2N3O4S. The van der Waals surface area contributed by atoms with Crippen LogP contribution in [0, 0.1) is 0 Å². The van der Waals surface area contributed by atoms with E-state index in [1.807, 2.05) is 42.5 Å². The van der Waals surface area contributed by atoms with Crippen molar-refractivity contribution in [3.05, 3.63) is 130 Å². The summed E-state index contributed by atoms with van der Waals surface area (Å²) in [6.45, 7) is 3.54. The van der Waals surface area contributed by atoms with Gasteiger partial charge in [0.2, 0.25) is 11.8 Å². The van der Waals surface area contributed by atoms with Crippen molar-refractivity contribution in [2.45, 2.75) is 75.4 Å². The Morgan fingerprint density at radius 2 is 1.48 bits per heavy atom. The zero-order valence-electron chi connectivity index (χ0n) is 27.2. The normalized spacial score (nSPS) is 14.1. The Kier molecular flexibility index (Phi) is 11.8. The maximum absolute atomic E-state index is 14.7. The summed E-state index contributed by atoms with van der Waals surface area (Å²) in [5, 5.41) is 3.96. The van der Waals surface area contributed by atoms with Crippen molar-refractivity contribution in [1.82, 2.24) is 10.2 Å². The molecule has 2 amide bonds. The minimum absolute atomic E-state index is 0.0151. The second-order valence-electron chi connectivity index (χ2n) is 12.5. The van der Waals surface area contributed by atoms with E-state index in [9.17, 15) is 18.0 Å². The second-order valence-corrected chi connectivity index (χ2v) is 15.2. The minimum atomic E-state index is -4.18. The van der Waals surface area contributed by atoms with Crippen molar-refractivity contribution in [2.24, 2.45) is 0 Å². The van der Waals surface area contributed by atoms with Gasteiger partial charge in [-0.1, -0.05) is 117 Å². The molecule has 4 aromatic rings. The van der Waals surface area contributed by atoms with E-state index in [1.165, 1.54) is 17.0 Å². The number of carbonyl (C=O) groups excluding carboxylic acids is 2. The summed E-state index contributed by atoms with van der Waals surface area (Å²) in [4.78, 5) is 30.4. The van der Waals surface area contributed by atoms with Gasteiger partial charge in [0, 0.05) is 29.1 Å². The number of anilines is 1. The van der Waals surface area contributed by atoms with Crippen LogP contribution in [0.4, 0.5) is 5.69 Å². The van der Waals surface area contributed by atoms with Gasteiger partial charge in [-0.25, -0.2) is 8.42 Å². The molecule has 1 fully saturated rings. The molecule has 252 valence electrons. The lowest BCUT2D eigenvalue weighted by Crippen LogP contribution is -2.54. The van der Waals surface area contributed by atoms with Gasteiger partial charge in [0.15, 0.2) is 0 Å². The third-order valence-corrected chi connectivity index (χ3v) is 11.2. The molecule has 0 aromatic heterocycles. The highest BCUT2D eigenvalue weighted by molar-refractivity contribution is 7.92. The van der Waals surface area contributed by atoms with E-state index >= 15 is 0 Å². The van der Waals surface area contributed by atoms with E-state index in [2.05, 4.69) is 19.2 Å². The number of nitrogens with one attached hydrogen (secondary N) is 1. The zero-order valence-corrected chi connectivity index (χ0v) is 29.5. The van der Waals surface area contributed by atoms with Gasteiger partial charge in [-0.2, -0.15) is 0 Å². The number of sulfonamides is 1. The largest absolute Gasteiger partial charge is 0.352 e. The molecule has 0 spiro atoms. The highest BCUT2D eigenvalue weighted by Gasteiger charge is 2.36. The number of hydrogen-bond donors (Lipinski definition) is 1. The summed E-state index contributed by atoms with van der Waals surface area (Å²) in [5.74, 6) is -0.601. The van der Waals surface area contributed by atoms with Crippen molar-refractivity contribution >= 4 is 50.7 Å². The number of nitrogens with zero attached hydrogens (tertiary/aromatic N) is 2. The van der Waals surface area contributed by atoms with Crippen molar-refractivity contribution < 1.29 is 18.0 Å². The molecule has 0 saturated heterocycles. The molecule has 7 nitrogen and oxygen atoms in total. The van der Waals surface area contributed by atoms with Crippen LogP contribution >= 0.6 is 23.2 Å². The molecule has 0 heterocycles.